The molecule has 10 nitrogen and oxygen atoms in total. The molecule has 0 radical (unpaired) electrons. The number of rotatable bonds is 12. The molecule has 1 saturated carbocycles. The summed E-state index contributed by atoms with van der Waals surface area (Å²) in [5.74, 6) is -2.23. The number of ketones is 1. The molecule has 2 fully saturated rings. The Bertz CT molecular complexity index is 1320. The van der Waals surface area contributed by atoms with Crippen molar-refractivity contribution in [3.05, 3.63) is 47.5 Å². The Hall–Kier alpha value is -3.60. The number of aromatic nitrogens is 2. The van der Waals surface area contributed by atoms with E-state index in [-0.39, 0.29) is 48.0 Å². The largest absolute Gasteiger partial charge is 0.378 e. The van der Waals surface area contributed by atoms with E-state index in [1.807, 2.05) is 6.92 Å². The Morgan fingerprint density at radius 1 is 1.07 bits per heavy atom. The van der Waals surface area contributed by atoms with Gasteiger partial charge in [-0.15, -0.1) is 0 Å². The molecule has 2 N–H and O–H groups in total. The number of carbonyl (C=O) groups excluding carboxylic acids is 4. The predicted molar refractivity (Wildman–Crippen MR) is 165 cm³/mol. The Morgan fingerprint density at radius 2 is 1.77 bits per heavy atom. The number of halogens is 1. The normalized spacial score (nSPS) is 20.8. The highest BCUT2D eigenvalue weighted by Crippen LogP contribution is 2.36. The van der Waals surface area contributed by atoms with Gasteiger partial charge in [0.05, 0.1) is 18.9 Å². The van der Waals surface area contributed by atoms with Gasteiger partial charge in [0.2, 0.25) is 17.7 Å². The second-order valence-corrected chi connectivity index (χ2v) is 12.1. The van der Waals surface area contributed by atoms with Crippen molar-refractivity contribution in [1.82, 2.24) is 20.0 Å². The minimum Gasteiger partial charge on any atom is -0.378 e. The van der Waals surface area contributed by atoms with Gasteiger partial charge < -0.3 is 20.3 Å². The van der Waals surface area contributed by atoms with E-state index in [1.165, 1.54) is 12.1 Å². The van der Waals surface area contributed by atoms with Crippen LogP contribution in [0.4, 0.5) is 10.1 Å². The Kier molecular flexibility index (Phi) is 11.7. The molecule has 0 bridgehead atoms. The van der Waals surface area contributed by atoms with Crippen LogP contribution in [0.15, 0.2) is 30.5 Å². The predicted octanol–water partition coefficient (Wildman–Crippen LogP) is 4.55. The number of anilines is 1. The molecule has 1 aliphatic carbocycles. The summed E-state index contributed by atoms with van der Waals surface area (Å²) in [5.41, 5.74) is 1.000. The second-order valence-electron chi connectivity index (χ2n) is 12.1. The number of amides is 3. The maximum absolute atomic E-state index is 15.6. The van der Waals surface area contributed by atoms with Crippen molar-refractivity contribution < 1.29 is 28.3 Å². The van der Waals surface area contributed by atoms with Crippen LogP contribution in [0.3, 0.4) is 0 Å². The molecule has 2 heterocycles. The summed E-state index contributed by atoms with van der Waals surface area (Å²) in [4.78, 5) is 54.4. The third-order valence-electron chi connectivity index (χ3n) is 9.18. The van der Waals surface area contributed by atoms with Crippen molar-refractivity contribution >= 4 is 29.2 Å². The van der Waals surface area contributed by atoms with Crippen LogP contribution < -0.4 is 10.6 Å². The molecule has 3 amide bonds. The summed E-state index contributed by atoms with van der Waals surface area (Å²) in [6.45, 7) is 9.82. The molecule has 0 unspecified atom stereocenters. The molecule has 1 aliphatic heterocycles. The number of benzene rings is 1. The first kappa shape index (κ1) is 33.3. The van der Waals surface area contributed by atoms with Crippen LogP contribution in [-0.2, 0) is 25.7 Å². The number of nitrogens with zero attached hydrogens (tertiary/aromatic N) is 3. The van der Waals surface area contributed by atoms with E-state index in [9.17, 15) is 19.2 Å². The minimum atomic E-state index is -0.874. The number of morpholine rings is 1. The summed E-state index contributed by atoms with van der Waals surface area (Å²) in [6, 6.07) is 5.26. The zero-order valence-corrected chi connectivity index (χ0v) is 26.3. The first-order chi connectivity index (χ1) is 21.1. The van der Waals surface area contributed by atoms with E-state index in [0.29, 0.717) is 50.0 Å². The van der Waals surface area contributed by atoms with Crippen LogP contribution in [0.25, 0.3) is 0 Å². The number of carbonyl (C=O) groups is 4. The van der Waals surface area contributed by atoms with Crippen molar-refractivity contribution in [2.75, 3.05) is 31.6 Å². The summed E-state index contributed by atoms with van der Waals surface area (Å²) in [7, 11) is 0. The lowest BCUT2D eigenvalue weighted by molar-refractivity contribution is -0.140. The third-order valence-corrected chi connectivity index (χ3v) is 9.18. The van der Waals surface area contributed by atoms with Crippen LogP contribution >= 0.6 is 0 Å². The fourth-order valence-corrected chi connectivity index (χ4v) is 6.28. The zero-order valence-electron chi connectivity index (χ0n) is 26.3. The van der Waals surface area contributed by atoms with Crippen molar-refractivity contribution in [2.24, 2.45) is 17.8 Å². The van der Waals surface area contributed by atoms with Gasteiger partial charge in [0.25, 0.3) is 0 Å². The highest BCUT2D eigenvalue weighted by Gasteiger charge is 2.35. The van der Waals surface area contributed by atoms with E-state index in [1.54, 1.807) is 41.8 Å². The molecule has 44 heavy (non-hydrogen) atoms. The highest BCUT2D eigenvalue weighted by atomic mass is 19.1. The fourth-order valence-electron chi connectivity index (χ4n) is 6.28. The van der Waals surface area contributed by atoms with Gasteiger partial charge in [-0.1, -0.05) is 39.7 Å². The van der Waals surface area contributed by atoms with Crippen LogP contribution in [0.5, 0.6) is 0 Å². The van der Waals surface area contributed by atoms with Gasteiger partial charge in [-0.05, 0) is 55.4 Å². The van der Waals surface area contributed by atoms with Crippen molar-refractivity contribution in [2.45, 2.75) is 84.7 Å². The smallest absolute Gasteiger partial charge is 0.245 e. The molecule has 11 heteroatoms. The topological polar surface area (TPSA) is 123 Å². The monoisotopic (exact) mass is 611 g/mol. The van der Waals surface area contributed by atoms with Crippen LogP contribution in [0.1, 0.15) is 88.2 Å². The van der Waals surface area contributed by atoms with Crippen LogP contribution in [0.2, 0.25) is 0 Å². The van der Waals surface area contributed by atoms with Gasteiger partial charge in [0, 0.05) is 50.5 Å². The number of hydrogen-bond acceptors (Lipinski definition) is 6. The lowest BCUT2D eigenvalue weighted by atomic mass is 9.74. The Balaban J connectivity index is 1.52. The SMILES string of the molecule is CCC(=O)N[C@@H](C(=O)N1CCOCC1)[C@@H](C)c1ccc(NC(=O)[C@@H](CC(=O)c2ccnn2CC)C2CCC(C)CC2)c(F)c1. The van der Waals surface area contributed by atoms with Crippen LogP contribution in [0, 0.1) is 23.6 Å². The van der Waals surface area contributed by atoms with Crippen molar-refractivity contribution in [3.8, 4) is 0 Å². The molecule has 240 valence electrons. The quantitative estimate of drug-likeness (QED) is 0.340. The fraction of sp³-hybridized carbons (Fsp3) is 0.606. The van der Waals surface area contributed by atoms with E-state index in [0.717, 1.165) is 25.7 Å². The molecule has 0 spiro atoms. The highest BCUT2D eigenvalue weighted by molar-refractivity contribution is 6.00. The molecular weight excluding hydrogens is 565 g/mol. The molecule has 2 aliphatic rings. The van der Waals surface area contributed by atoms with Gasteiger partial charge in [-0.2, -0.15) is 5.10 Å². The van der Waals surface area contributed by atoms with Crippen LogP contribution in [-0.4, -0.2) is 70.5 Å². The molecule has 2 aromatic rings. The van der Waals surface area contributed by atoms with Gasteiger partial charge in [0.1, 0.15) is 17.6 Å². The van der Waals surface area contributed by atoms with E-state index in [2.05, 4.69) is 22.7 Å². The molecule has 1 aromatic heterocycles. The molecule has 1 aromatic carbocycles. The standard InChI is InChI=1S/C33H46FN5O5/c1-5-30(41)37-31(33(43)38-15-17-44-18-16-38)22(4)24-11-12-27(26(34)19-24)36-32(42)25(23-9-7-21(3)8-10-23)20-29(40)28-13-14-35-39(28)6-2/h11-14,19,21-23,25,31H,5-10,15-18,20H2,1-4H3,(H,36,42)(H,37,41)/t21?,22-,23?,25-,31+/m0/s1. The summed E-state index contributed by atoms with van der Waals surface area (Å²) in [6.07, 6.45) is 5.45. The minimum absolute atomic E-state index is 0.0137. The Morgan fingerprint density at radius 3 is 2.41 bits per heavy atom. The third kappa shape index (κ3) is 8.11. The molecule has 3 atom stereocenters. The number of ether oxygens (including phenoxy) is 1. The first-order valence-corrected chi connectivity index (χ1v) is 15.9. The average Bonchev–Trinajstić information content (AvgIpc) is 3.53. The molecule has 4 rings (SSSR count). The lowest BCUT2D eigenvalue weighted by Crippen LogP contribution is -2.53. The lowest BCUT2D eigenvalue weighted by Gasteiger charge is -2.33. The van der Waals surface area contributed by atoms with E-state index in [4.69, 9.17) is 4.74 Å². The van der Waals surface area contributed by atoms with Gasteiger partial charge in [-0.25, -0.2) is 4.39 Å². The van der Waals surface area contributed by atoms with Crippen molar-refractivity contribution in [1.29, 1.82) is 0 Å². The van der Waals surface area contributed by atoms with Crippen molar-refractivity contribution in [3.63, 3.8) is 0 Å². The van der Waals surface area contributed by atoms with Gasteiger partial charge in [-0.3, -0.25) is 23.9 Å². The van der Waals surface area contributed by atoms with Gasteiger partial charge in [0.15, 0.2) is 5.78 Å². The Labute approximate surface area is 259 Å². The number of Topliss-reactive ketones (excluding diaryl/α,β-unsaturated/α-hetero) is 1. The average molecular weight is 612 g/mol. The molecular formula is C33H46FN5O5. The number of nitrogens with one attached hydrogen (secondary N) is 2. The van der Waals surface area contributed by atoms with Gasteiger partial charge >= 0.3 is 0 Å². The molecule has 1 saturated heterocycles. The first-order valence-electron chi connectivity index (χ1n) is 15.9. The van der Waals surface area contributed by atoms with E-state index < -0.39 is 23.7 Å². The summed E-state index contributed by atoms with van der Waals surface area (Å²) in [5, 5.41) is 9.78. The number of aryl methyl sites for hydroxylation is 1. The zero-order chi connectivity index (χ0) is 31.8. The summed E-state index contributed by atoms with van der Waals surface area (Å²) >= 11 is 0. The number of hydrogen-bond donors (Lipinski definition) is 2. The summed E-state index contributed by atoms with van der Waals surface area (Å²) < 4.78 is 22.6. The maximum atomic E-state index is 15.6. The maximum Gasteiger partial charge on any atom is 0.245 e. The van der Waals surface area contributed by atoms with E-state index >= 15 is 4.39 Å². The second kappa shape index (κ2) is 15.4.